The first-order valence-corrected chi connectivity index (χ1v) is 9.69. The van der Waals surface area contributed by atoms with E-state index in [9.17, 15) is 18.0 Å². The van der Waals surface area contributed by atoms with Crippen molar-refractivity contribution in [2.45, 2.75) is 24.9 Å². The van der Waals surface area contributed by atoms with E-state index in [4.69, 9.17) is 0 Å². The second-order valence-corrected chi connectivity index (χ2v) is 7.38. The molecular formula is C17H16F3N7OS. The maximum absolute atomic E-state index is 12.7. The summed E-state index contributed by atoms with van der Waals surface area (Å²) in [7, 11) is 0. The van der Waals surface area contributed by atoms with Crippen molar-refractivity contribution in [3.63, 3.8) is 0 Å². The maximum Gasteiger partial charge on any atom is 0.432 e. The van der Waals surface area contributed by atoms with Gasteiger partial charge in [0.25, 0.3) is 5.91 Å². The van der Waals surface area contributed by atoms with Gasteiger partial charge in [-0.2, -0.15) is 13.2 Å². The van der Waals surface area contributed by atoms with E-state index in [0.29, 0.717) is 48.3 Å². The standard InChI is InChI=1S/C17H16F3N7OS/c18-17(19,20)12-8-22-14(24-12)10-3-5-27(6-4-10)13-2-1-11(7-21-13)15(28)25-16-26-23-9-29-16/h1-2,7-10H,3-6H2,(H,22,24)(H,25,26,28). The lowest BCUT2D eigenvalue weighted by Crippen LogP contribution is -2.33. The van der Waals surface area contributed by atoms with E-state index in [1.165, 1.54) is 23.0 Å². The minimum Gasteiger partial charge on any atom is -0.357 e. The molecule has 1 fully saturated rings. The van der Waals surface area contributed by atoms with Gasteiger partial charge in [0.05, 0.1) is 11.8 Å². The number of carbonyl (C=O) groups is 1. The van der Waals surface area contributed by atoms with E-state index in [1.54, 1.807) is 12.1 Å². The molecule has 1 aliphatic heterocycles. The molecule has 2 N–H and O–H groups in total. The SMILES string of the molecule is O=C(Nc1nncs1)c1ccc(N2CCC(c3ncc(C(F)(F)F)[nH]3)CC2)nc1. The number of alkyl halides is 3. The predicted molar refractivity (Wildman–Crippen MR) is 99.9 cm³/mol. The van der Waals surface area contributed by atoms with Crippen molar-refractivity contribution >= 4 is 28.2 Å². The lowest BCUT2D eigenvalue weighted by molar-refractivity contribution is -0.141. The van der Waals surface area contributed by atoms with Gasteiger partial charge in [-0.1, -0.05) is 11.3 Å². The number of H-pyrrole nitrogens is 1. The molecule has 1 amide bonds. The Labute approximate surface area is 167 Å². The fourth-order valence-corrected chi connectivity index (χ4v) is 3.61. The normalized spacial score (nSPS) is 15.5. The smallest absolute Gasteiger partial charge is 0.357 e. The summed E-state index contributed by atoms with van der Waals surface area (Å²) >= 11 is 1.22. The Balaban J connectivity index is 1.35. The van der Waals surface area contributed by atoms with Crippen LogP contribution in [-0.4, -0.2) is 44.1 Å². The van der Waals surface area contributed by atoms with Crippen molar-refractivity contribution in [1.29, 1.82) is 0 Å². The van der Waals surface area contributed by atoms with Crippen LogP contribution in [0.2, 0.25) is 0 Å². The fourth-order valence-electron chi connectivity index (χ4n) is 3.17. The zero-order valence-corrected chi connectivity index (χ0v) is 15.8. The van der Waals surface area contributed by atoms with Gasteiger partial charge in [0, 0.05) is 25.2 Å². The highest BCUT2D eigenvalue weighted by Gasteiger charge is 2.34. The zero-order chi connectivity index (χ0) is 20.4. The molecule has 0 saturated carbocycles. The summed E-state index contributed by atoms with van der Waals surface area (Å²) in [4.78, 5) is 24.8. The van der Waals surface area contributed by atoms with Crippen LogP contribution < -0.4 is 10.2 Å². The molecule has 152 valence electrons. The number of hydrogen-bond acceptors (Lipinski definition) is 7. The molecule has 3 aromatic heterocycles. The van der Waals surface area contributed by atoms with E-state index < -0.39 is 11.9 Å². The van der Waals surface area contributed by atoms with E-state index >= 15 is 0 Å². The Bertz CT molecular complexity index is 964. The minimum absolute atomic E-state index is 0.0562. The summed E-state index contributed by atoms with van der Waals surface area (Å²) in [6.45, 7) is 1.27. The molecule has 0 radical (unpaired) electrons. The Hall–Kier alpha value is -3.02. The summed E-state index contributed by atoms with van der Waals surface area (Å²) in [5.41, 5.74) is 1.10. The van der Waals surface area contributed by atoms with Crippen LogP contribution in [-0.2, 0) is 6.18 Å². The lowest BCUT2D eigenvalue weighted by atomic mass is 9.96. The van der Waals surface area contributed by atoms with Crippen LogP contribution in [0, 0.1) is 0 Å². The van der Waals surface area contributed by atoms with Gasteiger partial charge in [-0.25, -0.2) is 9.97 Å². The van der Waals surface area contributed by atoms with Gasteiger partial charge in [0.2, 0.25) is 5.13 Å². The van der Waals surface area contributed by atoms with E-state index in [2.05, 4.69) is 30.5 Å². The molecule has 29 heavy (non-hydrogen) atoms. The van der Waals surface area contributed by atoms with Crippen LogP contribution in [0.15, 0.2) is 30.0 Å². The highest BCUT2D eigenvalue weighted by molar-refractivity contribution is 7.13. The molecule has 0 atom stereocenters. The first-order valence-electron chi connectivity index (χ1n) is 8.81. The third-order valence-electron chi connectivity index (χ3n) is 4.70. The largest absolute Gasteiger partial charge is 0.432 e. The molecule has 12 heteroatoms. The molecule has 4 rings (SSSR count). The quantitative estimate of drug-likeness (QED) is 0.668. The summed E-state index contributed by atoms with van der Waals surface area (Å²) in [5, 5.41) is 10.5. The Morgan fingerprint density at radius 2 is 2.00 bits per heavy atom. The lowest BCUT2D eigenvalue weighted by Gasteiger charge is -2.32. The average Bonchev–Trinajstić information content (AvgIpc) is 3.40. The molecule has 3 aromatic rings. The number of aromatic nitrogens is 5. The van der Waals surface area contributed by atoms with Crippen molar-refractivity contribution in [2.24, 2.45) is 0 Å². The number of pyridine rings is 1. The summed E-state index contributed by atoms with van der Waals surface area (Å²) in [6.07, 6.45) is -0.772. The van der Waals surface area contributed by atoms with Crippen LogP contribution in [0.5, 0.6) is 0 Å². The van der Waals surface area contributed by atoms with Crippen LogP contribution in [0.4, 0.5) is 24.1 Å². The third kappa shape index (κ3) is 4.36. The average molecular weight is 423 g/mol. The van der Waals surface area contributed by atoms with Gasteiger partial charge >= 0.3 is 6.18 Å². The summed E-state index contributed by atoms with van der Waals surface area (Å²) < 4.78 is 38.2. The van der Waals surface area contributed by atoms with E-state index in [0.717, 1.165) is 6.20 Å². The van der Waals surface area contributed by atoms with Crippen LogP contribution in [0.3, 0.4) is 0 Å². The molecule has 0 aliphatic carbocycles. The first-order chi connectivity index (χ1) is 13.9. The minimum atomic E-state index is -4.42. The molecule has 8 nitrogen and oxygen atoms in total. The number of carbonyl (C=O) groups excluding carboxylic acids is 1. The van der Waals surface area contributed by atoms with Crippen molar-refractivity contribution in [1.82, 2.24) is 25.1 Å². The third-order valence-corrected chi connectivity index (χ3v) is 5.30. The second kappa shape index (κ2) is 7.78. The van der Waals surface area contributed by atoms with Gasteiger partial charge in [0.15, 0.2) is 0 Å². The second-order valence-electron chi connectivity index (χ2n) is 6.54. The highest BCUT2D eigenvalue weighted by atomic mass is 32.1. The van der Waals surface area contributed by atoms with Crippen molar-refractivity contribution in [2.75, 3.05) is 23.3 Å². The van der Waals surface area contributed by atoms with Crippen molar-refractivity contribution < 1.29 is 18.0 Å². The Morgan fingerprint density at radius 3 is 2.59 bits per heavy atom. The molecular weight excluding hydrogens is 407 g/mol. The number of piperidine rings is 1. The van der Waals surface area contributed by atoms with Crippen molar-refractivity contribution in [3.8, 4) is 0 Å². The molecule has 1 saturated heterocycles. The number of imidazole rings is 1. The van der Waals surface area contributed by atoms with Crippen LogP contribution in [0.25, 0.3) is 0 Å². The Morgan fingerprint density at radius 1 is 1.21 bits per heavy atom. The van der Waals surface area contributed by atoms with Crippen LogP contribution >= 0.6 is 11.3 Å². The fraction of sp³-hybridized carbons (Fsp3) is 0.353. The number of nitrogens with zero attached hydrogens (tertiary/aromatic N) is 5. The number of anilines is 2. The van der Waals surface area contributed by atoms with Crippen molar-refractivity contribution in [3.05, 3.63) is 47.1 Å². The molecule has 0 unspecified atom stereocenters. The van der Waals surface area contributed by atoms with Crippen LogP contribution in [0.1, 0.15) is 40.6 Å². The number of nitrogens with one attached hydrogen (secondary N) is 2. The van der Waals surface area contributed by atoms with Gasteiger partial charge in [0.1, 0.15) is 22.8 Å². The van der Waals surface area contributed by atoms with Gasteiger partial charge < -0.3 is 9.88 Å². The van der Waals surface area contributed by atoms with E-state index in [1.807, 2.05) is 4.90 Å². The molecule has 1 aliphatic rings. The number of rotatable bonds is 4. The summed E-state index contributed by atoms with van der Waals surface area (Å²) in [5.74, 6) is 0.706. The van der Waals surface area contributed by atoms with Gasteiger partial charge in [-0.15, -0.1) is 10.2 Å². The zero-order valence-electron chi connectivity index (χ0n) is 15.0. The predicted octanol–water partition coefficient (Wildman–Crippen LogP) is 3.31. The monoisotopic (exact) mass is 423 g/mol. The van der Waals surface area contributed by atoms with E-state index in [-0.39, 0.29) is 11.8 Å². The molecule has 0 bridgehead atoms. The molecule has 0 aromatic carbocycles. The molecule has 0 spiro atoms. The summed E-state index contributed by atoms with van der Waals surface area (Å²) in [6, 6.07) is 3.43. The topological polar surface area (TPSA) is 99.7 Å². The first kappa shape index (κ1) is 19.3. The number of aromatic amines is 1. The Kier molecular flexibility index (Phi) is 5.18. The highest BCUT2D eigenvalue weighted by Crippen LogP contribution is 2.32. The van der Waals surface area contributed by atoms with Gasteiger partial charge in [-0.3, -0.25) is 10.1 Å². The number of hydrogen-bond donors (Lipinski definition) is 2. The molecule has 4 heterocycles. The number of halogens is 3. The maximum atomic E-state index is 12.7. The van der Waals surface area contributed by atoms with Gasteiger partial charge in [-0.05, 0) is 25.0 Å². The number of amides is 1.